The quantitative estimate of drug-likeness (QED) is 0.464. The Balaban J connectivity index is 1.59. The molecule has 7 heteroatoms. The minimum Gasteiger partial charge on any atom is -0.493 e. The number of nitrogens with zero attached hydrogens (tertiary/aromatic N) is 1. The molecule has 0 spiro atoms. The lowest BCUT2D eigenvalue weighted by Crippen LogP contribution is -2.36. The third-order valence-corrected chi connectivity index (χ3v) is 6.05. The first-order valence-electron chi connectivity index (χ1n) is 10.7. The highest BCUT2D eigenvalue weighted by Crippen LogP contribution is 2.36. The first kappa shape index (κ1) is 22.6. The fourth-order valence-electron chi connectivity index (χ4n) is 3.60. The van der Waals surface area contributed by atoms with Crippen LogP contribution in [0.15, 0.2) is 65.6 Å². The molecular formula is C26H24N2O4S. The van der Waals surface area contributed by atoms with Gasteiger partial charge in [0.2, 0.25) is 5.91 Å². The molecule has 6 nitrogen and oxygen atoms in total. The molecule has 3 amide bonds. The van der Waals surface area contributed by atoms with E-state index in [4.69, 9.17) is 4.74 Å². The van der Waals surface area contributed by atoms with E-state index >= 15 is 0 Å². The van der Waals surface area contributed by atoms with Gasteiger partial charge < -0.3 is 10.1 Å². The Kier molecular flexibility index (Phi) is 6.79. The molecule has 3 aromatic carbocycles. The van der Waals surface area contributed by atoms with E-state index in [0.717, 1.165) is 45.0 Å². The molecule has 1 N–H and O–H groups in total. The van der Waals surface area contributed by atoms with Gasteiger partial charge in [-0.2, -0.15) is 0 Å². The van der Waals surface area contributed by atoms with Crippen molar-refractivity contribution in [2.75, 3.05) is 18.5 Å². The van der Waals surface area contributed by atoms with E-state index in [2.05, 4.69) is 5.32 Å². The third-order valence-electron chi connectivity index (χ3n) is 5.14. The number of rotatable bonds is 7. The van der Waals surface area contributed by atoms with Gasteiger partial charge in [0.05, 0.1) is 11.5 Å². The summed E-state index contributed by atoms with van der Waals surface area (Å²) in [5, 5.41) is 4.20. The highest BCUT2D eigenvalue weighted by atomic mass is 32.2. The summed E-state index contributed by atoms with van der Waals surface area (Å²) in [6, 6.07) is 19.0. The average Bonchev–Trinajstić information content (AvgIpc) is 3.06. The Bertz CT molecular complexity index is 1270. The van der Waals surface area contributed by atoms with E-state index < -0.39 is 17.1 Å². The molecular weight excluding hydrogens is 436 g/mol. The van der Waals surface area contributed by atoms with E-state index in [1.165, 1.54) is 0 Å². The third kappa shape index (κ3) is 5.09. The summed E-state index contributed by atoms with van der Waals surface area (Å²) in [6.07, 6.45) is 2.54. The molecule has 3 aromatic rings. The Morgan fingerprint density at radius 2 is 1.91 bits per heavy atom. The number of hydrogen-bond acceptors (Lipinski definition) is 5. The van der Waals surface area contributed by atoms with Crippen LogP contribution in [0, 0.1) is 6.92 Å². The minimum absolute atomic E-state index is 0.265. The molecule has 4 rings (SSSR count). The second-order valence-corrected chi connectivity index (χ2v) is 8.73. The van der Waals surface area contributed by atoms with Crippen LogP contribution in [0.5, 0.6) is 5.75 Å². The topological polar surface area (TPSA) is 75.7 Å². The number of hydrogen-bond donors (Lipinski definition) is 1. The number of amides is 3. The number of benzene rings is 3. The summed E-state index contributed by atoms with van der Waals surface area (Å²) in [5.74, 6) is -0.264. The Morgan fingerprint density at radius 1 is 1.09 bits per heavy atom. The van der Waals surface area contributed by atoms with Crippen molar-refractivity contribution < 1.29 is 19.1 Å². The van der Waals surface area contributed by atoms with Crippen molar-refractivity contribution in [2.45, 2.75) is 20.3 Å². The van der Waals surface area contributed by atoms with Gasteiger partial charge in [-0.25, -0.2) is 0 Å². The monoisotopic (exact) mass is 460 g/mol. The van der Waals surface area contributed by atoms with E-state index in [1.54, 1.807) is 12.1 Å². The molecule has 1 fully saturated rings. The summed E-state index contributed by atoms with van der Waals surface area (Å²) in [4.78, 5) is 39.3. The number of imide groups is 1. The van der Waals surface area contributed by atoms with Crippen LogP contribution in [0.3, 0.4) is 0 Å². The summed E-state index contributed by atoms with van der Waals surface area (Å²) >= 11 is 0.831. The molecule has 0 aromatic heterocycles. The fourth-order valence-corrected chi connectivity index (χ4v) is 4.42. The summed E-state index contributed by atoms with van der Waals surface area (Å²) in [5.41, 5.74) is 2.37. The minimum atomic E-state index is -0.487. The Hall–Kier alpha value is -3.58. The number of thioether (sulfide) groups is 1. The summed E-state index contributed by atoms with van der Waals surface area (Å²) in [7, 11) is 0. The van der Waals surface area contributed by atoms with Gasteiger partial charge in [0, 0.05) is 11.3 Å². The predicted octanol–water partition coefficient (Wildman–Crippen LogP) is 5.61. The summed E-state index contributed by atoms with van der Waals surface area (Å²) < 4.78 is 5.91. The first-order chi connectivity index (χ1) is 16.0. The Morgan fingerprint density at radius 3 is 2.70 bits per heavy atom. The number of carbonyl (C=O) groups excluding carboxylic acids is 3. The molecule has 1 aliphatic heterocycles. The van der Waals surface area contributed by atoms with Crippen LogP contribution in [0.2, 0.25) is 0 Å². The largest absolute Gasteiger partial charge is 0.493 e. The molecule has 1 aliphatic rings. The van der Waals surface area contributed by atoms with Crippen LogP contribution in [-0.4, -0.2) is 35.1 Å². The van der Waals surface area contributed by atoms with Crippen LogP contribution in [0.1, 0.15) is 24.5 Å². The van der Waals surface area contributed by atoms with Gasteiger partial charge in [-0.1, -0.05) is 49.4 Å². The highest BCUT2D eigenvalue weighted by Gasteiger charge is 2.36. The molecule has 168 valence electrons. The maximum Gasteiger partial charge on any atom is 0.294 e. The molecule has 0 unspecified atom stereocenters. The standard InChI is InChI=1S/C26H24N2O4S/c1-3-13-32-22-12-11-18-8-4-5-10-20(18)21(22)15-23-25(30)28(26(31)33-23)16-24(29)27-19-9-6-7-17(2)14-19/h4-12,14-15H,3,13,16H2,1-2H3,(H,27,29)/b23-15+. The lowest BCUT2D eigenvalue weighted by atomic mass is 10.0. The fraction of sp³-hybridized carbons (Fsp3) is 0.192. The van der Waals surface area contributed by atoms with Gasteiger partial charge >= 0.3 is 0 Å². The van der Waals surface area contributed by atoms with Crippen LogP contribution in [0.4, 0.5) is 10.5 Å². The van der Waals surface area contributed by atoms with Gasteiger partial charge in [-0.05, 0) is 65.7 Å². The zero-order valence-electron chi connectivity index (χ0n) is 18.5. The van der Waals surface area contributed by atoms with Crippen LogP contribution in [0.25, 0.3) is 16.8 Å². The molecule has 1 heterocycles. The van der Waals surface area contributed by atoms with Crippen LogP contribution < -0.4 is 10.1 Å². The van der Waals surface area contributed by atoms with E-state index in [1.807, 2.05) is 68.4 Å². The van der Waals surface area contributed by atoms with Crippen LogP contribution >= 0.6 is 11.8 Å². The van der Waals surface area contributed by atoms with Crippen molar-refractivity contribution in [3.8, 4) is 5.75 Å². The zero-order chi connectivity index (χ0) is 23.4. The Labute approximate surface area is 196 Å². The number of anilines is 1. The van der Waals surface area contributed by atoms with E-state index in [9.17, 15) is 14.4 Å². The van der Waals surface area contributed by atoms with Gasteiger partial charge in [0.1, 0.15) is 12.3 Å². The smallest absolute Gasteiger partial charge is 0.294 e. The number of carbonyl (C=O) groups is 3. The number of aryl methyl sites for hydroxylation is 1. The average molecular weight is 461 g/mol. The van der Waals surface area contributed by atoms with Crippen molar-refractivity contribution in [3.05, 3.63) is 76.7 Å². The predicted molar refractivity (Wildman–Crippen MR) is 132 cm³/mol. The second-order valence-electron chi connectivity index (χ2n) is 7.73. The molecule has 0 atom stereocenters. The number of ether oxygens (including phenoxy) is 1. The molecule has 0 aliphatic carbocycles. The summed E-state index contributed by atoms with van der Waals surface area (Å²) in [6.45, 7) is 4.14. The molecule has 0 radical (unpaired) electrons. The second kappa shape index (κ2) is 9.92. The lowest BCUT2D eigenvalue weighted by molar-refractivity contribution is -0.127. The molecule has 0 saturated carbocycles. The maximum atomic E-state index is 13.0. The molecule has 33 heavy (non-hydrogen) atoms. The van der Waals surface area contributed by atoms with Crippen molar-refractivity contribution in [3.63, 3.8) is 0 Å². The normalized spacial score (nSPS) is 14.8. The molecule has 0 bridgehead atoms. The first-order valence-corrected chi connectivity index (χ1v) is 11.5. The van der Waals surface area contributed by atoms with Crippen molar-refractivity contribution in [1.29, 1.82) is 0 Å². The van der Waals surface area contributed by atoms with Crippen molar-refractivity contribution >= 4 is 51.4 Å². The molecule has 1 saturated heterocycles. The van der Waals surface area contributed by atoms with Crippen molar-refractivity contribution in [1.82, 2.24) is 4.90 Å². The lowest BCUT2D eigenvalue weighted by Gasteiger charge is -2.13. The van der Waals surface area contributed by atoms with Gasteiger partial charge in [0.25, 0.3) is 11.1 Å². The highest BCUT2D eigenvalue weighted by molar-refractivity contribution is 8.18. The van der Waals surface area contributed by atoms with E-state index in [-0.39, 0.29) is 11.4 Å². The van der Waals surface area contributed by atoms with Crippen molar-refractivity contribution in [2.24, 2.45) is 0 Å². The maximum absolute atomic E-state index is 13.0. The van der Waals surface area contributed by atoms with Gasteiger partial charge in [-0.3, -0.25) is 19.3 Å². The zero-order valence-corrected chi connectivity index (χ0v) is 19.3. The number of fused-ring (bicyclic) bond motifs is 1. The number of nitrogens with one attached hydrogen (secondary N) is 1. The van der Waals surface area contributed by atoms with Gasteiger partial charge in [-0.15, -0.1) is 0 Å². The van der Waals surface area contributed by atoms with E-state index in [0.29, 0.717) is 18.0 Å². The SMILES string of the molecule is CCCOc1ccc2ccccc2c1/C=C1/SC(=O)N(CC(=O)Nc2cccc(C)c2)C1=O. The van der Waals surface area contributed by atoms with Gasteiger partial charge in [0.15, 0.2) is 0 Å². The van der Waals surface area contributed by atoms with Crippen LogP contribution in [-0.2, 0) is 9.59 Å².